The lowest BCUT2D eigenvalue weighted by molar-refractivity contribution is 0.230. The first-order valence-corrected chi connectivity index (χ1v) is 7.13. The molecule has 1 aliphatic rings. The highest BCUT2D eigenvalue weighted by Gasteiger charge is 2.23. The maximum Gasteiger partial charge on any atom is 0.0208 e. The van der Waals surface area contributed by atoms with Crippen molar-refractivity contribution in [1.82, 2.24) is 5.32 Å². The van der Waals surface area contributed by atoms with Gasteiger partial charge in [0.15, 0.2) is 0 Å². The van der Waals surface area contributed by atoms with Crippen molar-refractivity contribution >= 4 is 5.57 Å². The van der Waals surface area contributed by atoms with Crippen LogP contribution in [0.15, 0.2) is 36.9 Å². The molecule has 0 saturated heterocycles. The third kappa shape index (κ3) is 3.46. The smallest absolute Gasteiger partial charge is 0.0208 e. The van der Waals surface area contributed by atoms with Crippen molar-refractivity contribution in [2.24, 2.45) is 11.8 Å². The molecule has 3 unspecified atom stereocenters. The fraction of sp³-hybridized carbons (Fsp3) is 0.529. The average molecular weight is 243 g/mol. The summed E-state index contributed by atoms with van der Waals surface area (Å²) in [6, 6.07) is 11.1. The van der Waals surface area contributed by atoms with E-state index < -0.39 is 0 Å². The molecule has 2 rings (SSSR count). The van der Waals surface area contributed by atoms with Crippen molar-refractivity contribution in [3.8, 4) is 0 Å². The lowest BCUT2D eigenvalue weighted by Crippen LogP contribution is -2.36. The van der Waals surface area contributed by atoms with E-state index in [1.807, 2.05) is 0 Å². The summed E-state index contributed by atoms with van der Waals surface area (Å²) in [5.41, 5.74) is 2.45. The Hall–Kier alpha value is -1.08. The van der Waals surface area contributed by atoms with E-state index in [4.69, 9.17) is 0 Å². The maximum atomic E-state index is 4.18. The van der Waals surface area contributed by atoms with Crippen LogP contribution in [0.1, 0.15) is 38.7 Å². The molecular weight excluding hydrogens is 218 g/mol. The first-order valence-electron chi connectivity index (χ1n) is 7.13. The highest BCUT2D eigenvalue weighted by atomic mass is 14.9. The lowest BCUT2D eigenvalue weighted by Gasteiger charge is -2.32. The molecule has 1 nitrogen and oxygen atoms in total. The van der Waals surface area contributed by atoms with Gasteiger partial charge in [0.05, 0.1) is 0 Å². The molecule has 18 heavy (non-hydrogen) atoms. The minimum Gasteiger partial charge on any atom is -0.310 e. The fourth-order valence-electron chi connectivity index (χ4n) is 2.78. The zero-order valence-electron chi connectivity index (χ0n) is 11.7. The summed E-state index contributed by atoms with van der Waals surface area (Å²) < 4.78 is 0. The molecule has 1 aliphatic carbocycles. The van der Waals surface area contributed by atoms with E-state index in [1.165, 1.54) is 30.4 Å². The zero-order valence-corrected chi connectivity index (χ0v) is 11.7. The van der Waals surface area contributed by atoms with Crippen LogP contribution in [0.3, 0.4) is 0 Å². The standard InChI is InChI=1S/C17H25N/c1-13-9-10-17(11-14(13)2)18-12-15(3)16-7-5-4-6-8-16/h4-8,13-14,17-18H,3,9-12H2,1-2H3. The predicted octanol–water partition coefficient (Wildman–Crippen LogP) is 4.11. The molecule has 1 saturated carbocycles. The van der Waals surface area contributed by atoms with Gasteiger partial charge < -0.3 is 5.32 Å². The summed E-state index contributed by atoms with van der Waals surface area (Å²) in [6.45, 7) is 9.85. The van der Waals surface area contributed by atoms with Gasteiger partial charge >= 0.3 is 0 Å². The van der Waals surface area contributed by atoms with E-state index in [0.717, 1.165) is 18.4 Å². The van der Waals surface area contributed by atoms with Gasteiger partial charge in [0.25, 0.3) is 0 Å². The first-order chi connectivity index (χ1) is 8.66. The summed E-state index contributed by atoms with van der Waals surface area (Å²) in [5.74, 6) is 1.74. The molecule has 1 fully saturated rings. The minimum absolute atomic E-state index is 0.677. The number of hydrogen-bond donors (Lipinski definition) is 1. The summed E-state index contributed by atoms with van der Waals surface area (Å²) in [7, 11) is 0. The molecule has 0 bridgehead atoms. The second-order valence-corrected chi connectivity index (χ2v) is 5.82. The van der Waals surface area contributed by atoms with Gasteiger partial charge in [-0.1, -0.05) is 50.8 Å². The zero-order chi connectivity index (χ0) is 13.0. The van der Waals surface area contributed by atoms with Gasteiger partial charge in [0, 0.05) is 12.6 Å². The summed E-state index contributed by atoms with van der Waals surface area (Å²) in [5, 5.41) is 3.67. The Morgan fingerprint density at radius 2 is 1.89 bits per heavy atom. The molecule has 1 aromatic rings. The van der Waals surface area contributed by atoms with Crippen molar-refractivity contribution in [2.75, 3.05) is 6.54 Å². The largest absolute Gasteiger partial charge is 0.310 e. The molecule has 1 aromatic carbocycles. The minimum atomic E-state index is 0.677. The highest BCUT2D eigenvalue weighted by molar-refractivity contribution is 5.64. The lowest BCUT2D eigenvalue weighted by atomic mass is 9.79. The van der Waals surface area contributed by atoms with Gasteiger partial charge in [-0.15, -0.1) is 0 Å². The van der Waals surface area contributed by atoms with Crippen molar-refractivity contribution in [3.63, 3.8) is 0 Å². The topological polar surface area (TPSA) is 12.0 Å². The van der Waals surface area contributed by atoms with Gasteiger partial charge in [-0.05, 0) is 42.2 Å². The molecule has 0 aliphatic heterocycles. The molecule has 1 heteroatoms. The maximum absolute atomic E-state index is 4.18. The summed E-state index contributed by atoms with van der Waals surface area (Å²) >= 11 is 0. The Morgan fingerprint density at radius 1 is 1.17 bits per heavy atom. The van der Waals surface area contributed by atoms with Crippen LogP contribution in [-0.2, 0) is 0 Å². The molecule has 0 aromatic heterocycles. The molecule has 0 heterocycles. The molecule has 0 spiro atoms. The monoisotopic (exact) mass is 243 g/mol. The number of nitrogens with one attached hydrogen (secondary N) is 1. The molecular formula is C17H25N. The van der Waals surface area contributed by atoms with Gasteiger partial charge in [0.2, 0.25) is 0 Å². The van der Waals surface area contributed by atoms with E-state index in [1.54, 1.807) is 0 Å². The van der Waals surface area contributed by atoms with Gasteiger partial charge in [-0.3, -0.25) is 0 Å². The number of rotatable bonds is 4. The molecule has 1 N–H and O–H groups in total. The van der Waals surface area contributed by atoms with Crippen LogP contribution in [0.4, 0.5) is 0 Å². The van der Waals surface area contributed by atoms with Crippen molar-refractivity contribution in [3.05, 3.63) is 42.5 Å². The second kappa shape index (κ2) is 6.19. The van der Waals surface area contributed by atoms with E-state index in [2.05, 4.69) is 56.1 Å². The van der Waals surface area contributed by atoms with E-state index in [9.17, 15) is 0 Å². The Balaban J connectivity index is 1.80. The van der Waals surface area contributed by atoms with Crippen LogP contribution in [0, 0.1) is 11.8 Å². The van der Waals surface area contributed by atoms with Gasteiger partial charge in [-0.25, -0.2) is 0 Å². The van der Waals surface area contributed by atoms with Crippen LogP contribution >= 0.6 is 0 Å². The van der Waals surface area contributed by atoms with Crippen molar-refractivity contribution < 1.29 is 0 Å². The van der Waals surface area contributed by atoms with Crippen LogP contribution < -0.4 is 5.32 Å². The quantitative estimate of drug-likeness (QED) is 0.839. The summed E-state index contributed by atoms with van der Waals surface area (Å²) in [4.78, 5) is 0. The molecule has 0 radical (unpaired) electrons. The third-order valence-electron chi connectivity index (χ3n) is 4.38. The highest BCUT2D eigenvalue weighted by Crippen LogP contribution is 2.29. The number of hydrogen-bond acceptors (Lipinski definition) is 1. The van der Waals surface area contributed by atoms with E-state index in [-0.39, 0.29) is 0 Å². The van der Waals surface area contributed by atoms with Crippen LogP contribution in [-0.4, -0.2) is 12.6 Å². The second-order valence-electron chi connectivity index (χ2n) is 5.82. The van der Waals surface area contributed by atoms with Crippen molar-refractivity contribution in [2.45, 2.75) is 39.2 Å². The number of benzene rings is 1. The average Bonchev–Trinajstić information content (AvgIpc) is 2.41. The normalized spacial score (nSPS) is 28.0. The Labute approximate surface area is 111 Å². The van der Waals surface area contributed by atoms with E-state index >= 15 is 0 Å². The Bertz CT molecular complexity index is 382. The SMILES string of the molecule is C=C(CNC1CCC(C)C(C)C1)c1ccccc1. The Kier molecular flexibility index (Phi) is 4.60. The predicted molar refractivity (Wildman–Crippen MR) is 79.4 cm³/mol. The van der Waals surface area contributed by atoms with Gasteiger partial charge in [0.1, 0.15) is 0 Å². The summed E-state index contributed by atoms with van der Waals surface area (Å²) in [6.07, 6.45) is 3.98. The van der Waals surface area contributed by atoms with Crippen LogP contribution in [0.25, 0.3) is 5.57 Å². The van der Waals surface area contributed by atoms with Gasteiger partial charge in [-0.2, -0.15) is 0 Å². The third-order valence-corrected chi connectivity index (χ3v) is 4.38. The fourth-order valence-corrected chi connectivity index (χ4v) is 2.78. The van der Waals surface area contributed by atoms with Crippen LogP contribution in [0.2, 0.25) is 0 Å². The van der Waals surface area contributed by atoms with Crippen LogP contribution in [0.5, 0.6) is 0 Å². The first kappa shape index (κ1) is 13.4. The Morgan fingerprint density at radius 3 is 2.56 bits per heavy atom. The van der Waals surface area contributed by atoms with E-state index in [0.29, 0.717) is 6.04 Å². The molecule has 0 amide bonds. The molecule has 98 valence electrons. The van der Waals surface area contributed by atoms with Crippen molar-refractivity contribution in [1.29, 1.82) is 0 Å². The molecule has 3 atom stereocenters.